The van der Waals surface area contributed by atoms with Gasteiger partial charge in [0, 0.05) is 6.42 Å². The lowest BCUT2D eigenvalue weighted by molar-refractivity contribution is -0.184. The van der Waals surface area contributed by atoms with Crippen molar-refractivity contribution in [2.75, 3.05) is 6.67 Å². The molecule has 1 aliphatic rings. The Bertz CT molecular complexity index is 351. The molecule has 0 radical (unpaired) electrons. The first-order valence-corrected chi connectivity index (χ1v) is 6.39. The lowest BCUT2D eigenvalue weighted by atomic mass is 9.80. The second-order valence-electron chi connectivity index (χ2n) is 5.08. The monoisotopic (exact) mass is 299 g/mol. The molecule has 2 N–H and O–H groups in total. The van der Waals surface area contributed by atoms with Crippen LogP contribution in [-0.2, 0) is 9.59 Å². The SMILES string of the molecule is O=C(CC1CCC(C(F)(F)F)CC1)NC(CF)C(=O)O. The minimum absolute atomic E-state index is 0.0209. The average molecular weight is 299 g/mol. The summed E-state index contributed by atoms with van der Waals surface area (Å²) in [6.07, 6.45) is -3.76. The highest BCUT2D eigenvalue weighted by molar-refractivity contribution is 5.83. The van der Waals surface area contributed by atoms with Gasteiger partial charge in [0.15, 0.2) is 6.04 Å². The Morgan fingerprint density at radius 2 is 1.75 bits per heavy atom. The first kappa shape index (κ1) is 16.7. The Balaban J connectivity index is 2.36. The molecule has 0 heterocycles. The molecule has 1 aliphatic carbocycles. The van der Waals surface area contributed by atoms with Crippen LogP contribution >= 0.6 is 0 Å². The second-order valence-corrected chi connectivity index (χ2v) is 5.08. The lowest BCUT2D eigenvalue weighted by Crippen LogP contribution is -2.43. The Kier molecular flexibility index (Phi) is 5.76. The van der Waals surface area contributed by atoms with E-state index in [0.29, 0.717) is 0 Å². The molecule has 8 heteroatoms. The molecule has 1 saturated carbocycles. The number of alkyl halides is 4. The molecule has 1 rings (SSSR count). The number of hydrogen-bond donors (Lipinski definition) is 2. The Morgan fingerprint density at radius 3 is 2.15 bits per heavy atom. The smallest absolute Gasteiger partial charge is 0.391 e. The van der Waals surface area contributed by atoms with Gasteiger partial charge in [-0.1, -0.05) is 0 Å². The summed E-state index contributed by atoms with van der Waals surface area (Å²) < 4.78 is 49.7. The van der Waals surface area contributed by atoms with Gasteiger partial charge in [0.25, 0.3) is 0 Å². The molecular formula is C12H17F4NO3. The lowest BCUT2D eigenvalue weighted by Gasteiger charge is -2.29. The molecule has 1 fully saturated rings. The third-order valence-corrected chi connectivity index (χ3v) is 3.57. The van der Waals surface area contributed by atoms with Gasteiger partial charge in [0.2, 0.25) is 5.91 Å². The van der Waals surface area contributed by atoms with Crippen molar-refractivity contribution in [2.45, 2.75) is 44.3 Å². The number of carbonyl (C=O) groups is 2. The molecule has 0 saturated heterocycles. The zero-order valence-electron chi connectivity index (χ0n) is 10.8. The van der Waals surface area contributed by atoms with Crippen molar-refractivity contribution >= 4 is 11.9 Å². The molecule has 0 aromatic rings. The molecule has 0 bridgehead atoms. The molecular weight excluding hydrogens is 282 g/mol. The van der Waals surface area contributed by atoms with Crippen LogP contribution in [0.3, 0.4) is 0 Å². The average Bonchev–Trinajstić information content (AvgIpc) is 2.35. The minimum atomic E-state index is -4.20. The molecule has 0 spiro atoms. The van der Waals surface area contributed by atoms with E-state index in [-0.39, 0.29) is 38.0 Å². The standard InChI is InChI=1S/C12H17F4NO3/c13-6-9(11(19)20)17-10(18)5-7-1-3-8(4-2-7)12(14,15)16/h7-9H,1-6H2,(H,17,18)(H,19,20). The van der Waals surface area contributed by atoms with Gasteiger partial charge >= 0.3 is 12.1 Å². The summed E-state index contributed by atoms with van der Waals surface area (Å²) in [4.78, 5) is 22.0. The Labute approximate surface area is 113 Å². The highest BCUT2D eigenvalue weighted by Gasteiger charge is 2.41. The van der Waals surface area contributed by atoms with E-state index in [1.807, 2.05) is 5.32 Å². The minimum Gasteiger partial charge on any atom is -0.480 e. The van der Waals surface area contributed by atoms with E-state index in [2.05, 4.69) is 0 Å². The first-order chi connectivity index (χ1) is 9.24. The topological polar surface area (TPSA) is 66.4 Å². The number of rotatable bonds is 5. The highest BCUT2D eigenvalue weighted by atomic mass is 19.4. The van der Waals surface area contributed by atoms with Crippen LogP contribution in [-0.4, -0.2) is 35.9 Å². The zero-order chi connectivity index (χ0) is 15.3. The highest BCUT2D eigenvalue weighted by Crippen LogP contribution is 2.40. The predicted molar refractivity (Wildman–Crippen MR) is 61.7 cm³/mol. The van der Waals surface area contributed by atoms with Crippen molar-refractivity contribution in [2.24, 2.45) is 11.8 Å². The van der Waals surface area contributed by atoms with Crippen LogP contribution in [0.5, 0.6) is 0 Å². The normalized spacial score (nSPS) is 25.0. The number of hydrogen-bond acceptors (Lipinski definition) is 2. The van der Waals surface area contributed by atoms with E-state index in [0.717, 1.165) is 0 Å². The van der Waals surface area contributed by atoms with E-state index in [4.69, 9.17) is 5.11 Å². The van der Waals surface area contributed by atoms with Gasteiger partial charge in [-0.05, 0) is 31.6 Å². The molecule has 0 aromatic heterocycles. The van der Waals surface area contributed by atoms with Gasteiger partial charge in [-0.15, -0.1) is 0 Å². The molecule has 116 valence electrons. The third kappa shape index (κ3) is 4.97. The van der Waals surface area contributed by atoms with Crippen LogP contribution < -0.4 is 5.32 Å². The summed E-state index contributed by atoms with van der Waals surface area (Å²) in [5, 5.41) is 10.6. The van der Waals surface area contributed by atoms with Crippen molar-refractivity contribution in [1.29, 1.82) is 0 Å². The van der Waals surface area contributed by atoms with Gasteiger partial charge < -0.3 is 10.4 Å². The summed E-state index contributed by atoms with van der Waals surface area (Å²) in [5.74, 6) is -3.63. The molecule has 0 aliphatic heterocycles. The summed E-state index contributed by atoms with van der Waals surface area (Å²) in [6.45, 7) is -1.22. The molecule has 1 atom stereocenters. The van der Waals surface area contributed by atoms with E-state index < -0.39 is 36.7 Å². The number of nitrogens with one attached hydrogen (secondary N) is 1. The first-order valence-electron chi connectivity index (χ1n) is 6.39. The number of halogens is 4. The maximum absolute atomic E-state index is 12.5. The van der Waals surface area contributed by atoms with E-state index in [1.165, 1.54) is 0 Å². The molecule has 4 nitrogen and oxygen atoms in total. The summed E-state index contributed by atoms with van der Waals surface area (Å²) >= 11 is 0. The molecule has 1 amide bonds. The Morgan fingerprint density at radius 1 is 1.20 bits per heavy atom. The van der Waals surface area contributed by atoms with Crippen molar-refractivity contribution in [3.63, 3.8) is 0 Å². The summed E-state index contributed by atoms with van der Waals surface area (Å²) in [6, 6.07) is -1.59. The van der Waals surface area contributed by atoms with Gasteiger partial charge in [0.1, 0.15) is 6.67 Å². The van der Waals surface area contributed by atoms with Crippen LogP contribution in [0.4, 0.5) is 17.6 Å². The zero-order valence-corrected chi connectivity index (χ0v) is 10.8. The third-order valence-electron chi connectivity index (χ3n) is 3.57. The predicted octanol–water partition coefficient (Wildman–Crippen LogP) is 2.28. The Hall–Kier alpha value is -1.34. The molecule has 1 unspecified atom stereocenters. The van der Waals surface area contributed by atoms with Crippen molar-refractivity contribution in [1.82, 2.24) is 5.32 Å². The fraction of sp³-hybridized carbons (Fsp3) is 0.833. The van der Waals surface area contributed by atoms with Crippen LogP contribution in [0.1, 0.15) is 32.1 Å². The van der Waals surface area contributed by atoms with Gasteiger partial charge in [0.05, 0.1) is 5.92 Å². The number of carbonyl (C=O) groups excluding carboxylic acids is 1. The second kappa shape index (κ2) is 6.90. The number of carboxylic acids is 1. The van der Waals surface area contributed by atoms with Crippen LogP contribution in [0.15, 0.2) is 0 Å². The van der Waals surface area contributed by atoms with E-state index in [9.17, 15) is 27.2 Å². The maximum Gasteiger partial charge on any atom is 0.391 e. The number of amides is 1. The van der Waals surface area contributed by atoms with Gasteiger partial charge in [-0.25, -0.2) is 9.18 Å². The quantitative estimate of drug-likeness (QED) is 0.765. The number of aliphatic carboxylic acids is 1. The number of carboxylic acid groups (broad SMARTS) is 1. The van der Waals surface area contributed by atoms with Crippen molar-refractivity contribution in [3.05, 3.63) is 0 Å². The van der Waals surface area contributed by atoms with E-state index >= 15 is 0 Å². The molecule has 20 heavy (non-hydrogen) atoms. The fourth-order valence-corrected chi connectivity index (χ4v) is 2.38. The van der Waals surface area contributed by atoms with Crippen LogP contribution in [0.25, 0.3) is 0 Å². The molecule has 0 aromatic carbocycles. The fourth-order valence-electron chi connectivity index (χ4n) is 2.38. The van der Waals surface area contributed by atoms with Gasteiger partial charge in [-0.2, -0.15) is 13.2 Å². The van der Waals surface area contributed by atoms with Gasteiger partial charge in [-0.3, -0.25) is 4.79 Å². The summed E-state index contributed by atoms with van der Waals surface area (Å²) in [7, 11) is 0. The van der Waals surface area contributed by atoms with Crippen molar-refractivity contribution < 1.29 is 32.3 Å². The summed E-state index contributed by atoms with van der Waals surface area (Å²) in [5.41, 5.74) is 0. The van der Waals surface area contributed by atoms with Crippen LogP contribution in [0, 0.1) is 11.8 Å². The van der Waals surface area contributed by atoms with Crippen molar-refractivity contribution in [3.8, 4) is 0 Å². The van der Waals surface area contributed by atoms with Crippen LogP contribution in [0.2, 0.25) is 0 Å². The maximum atomic E-state index is 12.5. The largest absolute Gasteiger partial charge is 0.480 e. The van der Waals surface area contributed by atoms with E-state index in [1.54, 1.807) is 0 Å².